The zero-order valence-corrected chi connectivity index (χ0v) is 11.7. The van der Waals surface area contributed by atoms with Crippen LogP contribution < -0.4 is 10.6 Å². The number of nitrogens with zero attached hydrogens (tertiary/aromatic N) is 4. The Morgan fingerprint density at radius 1 is 1.05 bits per heavy atom. The van der Waals surface area contributed by atoms with Crippen LogP contribution in [0, 0.1) is 5.82 Å². The fourth-order valence-electron chi connectivity index (χ4n) is 2.52. The van der Waals surface area contributed by atoms with E-state index in [-0.39, 0.29) is 11.5 Å². The van der Waals surface area contributed by atoms with Crippen LogP contribution in [0.3, 0.4) is 0 Å². The number of hydrogen-bond acceptors (Lipinski definition) is 5. The SMILES string of the molecule is Nc1cccc(CN2CCN(c3ncccn3)CC2)c1F. The minimum Gasteiger partial charge on any atom is -0.396 e. The van der Waals surface area contributed by atoms with E-state index in [1.165, 1.54) is 0 Å². The molecule has 6 heteroatoms. The van der Waals surface area contributed by atoms with Gasteiger partial charge in [0.05, 0.1) is 5.69 Å². The lowest BCUT2D eigenvalue weighted by Crippen LogP contribution is -2.46. The maximum Gasteiger partial charge on any atom is 0.225 e. The van der Waals surface area contributed by atoms with Crippen LogP contribution in [0.4, 0.5) is 16.0 Å². The van der Waals surface area contributed by atoms with Crippen LogP contribution in [-0.2, 0) is 6.54 Å². The second-order valence-electron chi connectivity index (χ2n) is 5.13. The maximum absolute atomic E-state index is 13.9. The summed E-state index contributed by atoms with van der Waals surface area (Å²) in [6.07, 6.45) is 3.49. The highest BCUT2D eigenvalue weighted by Crippen LogP contribution is 2.18. The Labute approximate surface area is 123 Å². The first-order valence-electron chi connectivity index (χ1n) is 7.01. The van der Waals surface area contributed by atoms with E-state index in [2.05, 4.69) is 19.8 Å². The van der Waals surface area contributed by atoms with Crippen molar-refractivity contribution in [3.05, 3.63) is 48.0 Å². The summed E-state index contributed by atoms with van der Waals surface area (Å²) in [5.74, 6) is 0.457. The standard InChI is InChI=1S/C15H18FN5/c16-14-12(3-1-4-13(14)17)11-20-7-9-21(10-8-20)15-18-5-2-6-19-15/h1-6H,7-11,17H2. The third kappa shape index (κ3) is 3.11. The molecule has 2 aromatic rings. The Morgan fingerprint density at radius 2 is 1.76 bits per heavy atom. The third-order valence-electron chi connectivity index (χ3n) is 3.71. The molecule has 5 nitrogen and oxygen atoms in total. The van der Waals surface area contributed by atoms with Crippen molar-refractivity contribution in [1.29, 1.82) is 0 Å². The van der Waals surface area contributed by atoms with Gasteiger partial charge in [0.2, 0.25) is 5.95 Å². The van der Waals surface area contributed by atoms with Gasteiger partial charge in [0.25, 0.3) is 0 Å². The molecule has 0 spiro atoms. The van der Waals surface area contributed by atoms with E-state index in [1.807, 2.05) is 6.07 Å². The monoisotopic (exact) mass is 287 g/mol. The van der Waals surface area contributed by atoms with Crippen LogP contribution in [0.25, 0.3) is 0 Å². The van der Waals surface area contributed by atoms with Crippen LogP contribution in [0.5, 0.6) is 0 Å². The van der Waals surface area contributed by atoms with Crippen LogP contribution in [0.2, 0.25) is 0 Å². The molecule has 0 bridgehead atoms. The summed E-state index contributed by atoms with van der Waals surface area (Å²) >= 11 is 0. The Balaban J connectivity index is 1.60. The molecule has 21 heavy (non-hydrogen) atoms. The molecule has 2 N–H and O–H groups in total. The van der Waals surface area contributed by atoms with Crippen molar-refractivity contribution in [1.82, 2.24) is 14.9 Å². The van der Waals surface area contributed by atoms with Gasteiger partial charge in [0.15, 0.2) is 5.82 Å². The third-order valence-corrected chi connectivity index (χ3v) is 3.71. The molecule has 0 aliphatic carbocycles. The van der Waals surface area contributed by atoms with Crippen molar-refractivity contribution in [2.45, 2.75) is 6.54 Å². The van der Waals surface area contributed by atoms with Crippen molar-refractivity contribution >= 4 is 11.6 Å². The average molecular weight is 287 g/mol. The van der Waals surface area contributed by atoms with E-state index < -0.39 is 0 Å². The fourth-order valence-corrected chi connectivity index (χ4v) is 2.52. The molecule has 1 fully saturated rings. The molecule has 110 valence electrons. The Kier molecular flexibility index (Phi) is 3.96. The van der Waals surface area contributed by atoms with Crippen LogP contribution in [0.1, 0.15) is 5.56 Å². The summed E-state index contributed by atoms with van der Waals surface area (Å²) in [4.78, 5) is 12.9. The van der Waals surface area contributed by atoms with Gasteiger partial charge >= 0.3 is 0 Å². The van der Waals surface area contributed by atoms with Gasteiger partial charge < -0.3 is 10.6 Å². The van der Waals surface area contributed by atoms with Gasteiger partial charge in [-0.1, -0.05) is 12.1 Å². The average Bonchev–Trinajstić information content (AvgIpc) is 2.53. The number of hydrogen-bond donors (Lipinski definition) is 1. The molecule has 1 aromatic carbocycles. The number of halogens is 1. The Hall–Kier alpha value is -2.21. The number of aromatic nitrogens is 2. The normalized spacial score (nSPS) is 16.1. The van der Waals surface area contributed by atoms with E-state index in [0.29, 0.717) is 12.1 Å². The van der Waals surface area contributed by atoms with Crippen molar-refractivity contribution in [3.8, 4) is 0 Å². The molecule has 1 saturated heterocycles. The minimum absolute atomic E-state index is 0.212. The zero-order valence-electron chi connectivity index (χ0n) is 11.7. The fraction of sp³-hybridized carbons (Fsp3) is 0.333. The predicted octanol–water partition coefficient (Wildman–Crippen LogP) is 1.52. The molecule has 3 rings (SSSR count). The van der Waals surface area contributed by atoms with Gasteiger partial charge in [-0.2, -0.15) is 0 Å². The topological polar surface area (TPSA) is 58.3 Å². The summed E-state index contributed by atoms with van der Waals surface area (Å²) in [7, 11) is 0. The molecule has 1 aliphatic heterocycles. The predicted molar refractivity (Wildman–Crippen MR) is 80.3 cm³/mol. The van der Waals surface area contributed by atoms with Crippen LogP contribution >= 0.6 is 0 Å². The molecule has 0 radical (unpaired) electrons. The highest BCUT2D eigenvalue weighted by molar-refractivity contribution is 5.42. The lowest BCUT2D eigenvalue weighted by atomic mass is 10.1. The van der Waals surface area contributed by atoms with Crippen molar-refractivity contribution in [3.63, 3.8) is 0 Å². The first kappa shape index (κ1) is 13.8. The maximum atomic E-state index is 13.9. The Morgan fingerprint density at radius 3 is 2.48 bits per heavy atom. The molecule has 0 atom stereocenters. The molecule has 0 amide bonds. The molecule has 1 aromatic heterocycles. The first-order chi connectivity index (χ1) is 10.2. The van der Waals surface area contributed by atoms with Crippen molar-refractivity contribution in [2.75, 3.05) is 36.8 Å². The van der Waals surface area contributed by atoms with Gasteiger partial charge in [0.1, 0.15) is 0 Å². The number of anilines is 2. The van der Waals surface area contributed by atoms with E-state index >= 15 is 0 Å². The number of piperazine rings is 1. The molecule has 0 saturated carbocycles. The van der Waals surface area contributed by atoms with E-state index in [9.17, 15) is 4.39 Å². The smallest absolute Gasteiger partial charge is 0.225 e. The number of nitrogen functional groups attached to an aromatic ring is 1. The number of benzene rings is 1. The molecule has 1 aliphatic rings. The van der Waals surface area contributed by atoms with Gasteiger partial charge in [-0.25, -0.2) is 14.4 Å². The van der Waals surface area contributed by atoms with Gasteiger partial charge in [-0.15, -0.1) is 0 Å². The summed E-state index contributed by atoms with van der Waals surface area (Å²) in [5.41, 5.74) is 6.47. The zero-order chi connectivity index (χ0) is 14.7. The second kappa shape index (κ2) is 6.05. The largest absolute Gasteiger partial charge is 0.396 e. The summed E-state index contributed by atoms with van der Waals surface area (Å²) in [5, 5.41) is 0. The van der Waals surface area contributed by atoms with Crippen LogP contribution in [-0.4, -0.2) is 41.0 Å². The van der Waals surface area contributed by atoms with Gasteiger partial charge in [-0.05, 0) is 12.1 Å². The lowest BCUT2D eigenvalue weighted by Gasteiger charge is -2.34. The van der Waals surface area contributed by atoms with Crippen LogP contribution in [0.15, 0.2) is 36.7 Å². The number of rotatable bonds is 3. The van der Waals surface area contributed by atoms with Gasteiger partial charge in [-0.3, -0.25) is 4.90 Å². The van der Waals surface area contributed by atoms with Gasteiger partial charge in [0, 0.05) is 50.7 Å². The highest BCUT2D eigenvalue weighted by atomic mass is 19.1. The first-order valence-corrected chi connectivity index (χ1v) is 7.01. The van der Waals surface area contributed by atoms with Crippen molar-refractivity contribution < 1.29 is 4.39 Å². The lowest BCUT2D eigenvalue weighted by molar-refractivity contribution is 0.245. The summed E-state index contributed by atoms with van der Waals surface area (Å²) < 4.78 is 13.9. The second-order valence-corrected chi connectivity index (χ2v) is 5.13. The Bertz CT molecular complexity index is 596. The number of nitrogens with two attached hydrogens (primary N) is 1. The van der Waals surface area contributed by atoms with E-state index in [0.717, 1.165) is 32.1 Å². The highest BCUT2D eigenvalue weighted by Gasteiger charge is 2.19. The summed E-state index contributed by atoms with van der Waals surface area (Å²) in [6.45, 7) is 3.97. The molecule has 2 heterocycles. The molecular formula is C15H18FN5. The van der Waals surface area contributed by atoms with Crippen molar-refractivity contribution in [2.24, 2.45) is 0 Å². The van der Waals surface area contributed by atoms with E-state index in [4.69, 9.17) is 5.73 Å². The minimum atomic E-state index is -0.300. The quantitative estimate of drug-likeness (QED) is 0.867. The summed E-state index contributed by atoms with van der Waals surface area (Å²) in [6, 6.07) is 6.98. The molecule has 0 unspecified atom stereocenters. The molecular weight excluding hydrogens is 269 g/mol. The van der Waals surface area contributed by atoms with E-state index in [1.54, 1.807) is 30.6 Å².